The van der Waals surface area contributed by atoms with E-state index >= 15 is 0 Å². The summed E-state index contributed by atoms with van der Waals surface area (Å²) in [5, 5.41) is 0.685. The molecular formula is C19H23ClN2O3S. The van der Waals surface area contributed by atoms with Gasteiger partial charge in [0.25, 0.3) is 0 Å². The summed E-state index contributed by atoms with van der Waals surface area (Å²) in [6, 6.07) is 16.6. The van der Waals surface area contributed by atoms with Gasteiger partial charge in [-0.15, -0.1) is 0 Å². The smallest absolute Gasteiger partial charge is 0.218 e. The summed E-state index contributed by atoms with van der Waals surface area (Å²) in [6.07, 6.45) is 0. The molecule has 2 aromatic rings. The van der Waals surface area contributed by atoms with Crippen LogP contribution in [0.25, 0.3) is 0 Å². The summed E-state index contributed by atoms with van der Waals surface area (Å²) < 4.78 is 32.4. The Kier molecular flexibility index (Phi) is 6.53. The third-order valence-electron chi connectivity index (χ3n) is 4.41. The topological polar surface area (TPSA) is 49.9 Å². The van der Waals surface area contributed by atoms with Gasteiger partial charge in [-0.3, -0.25) is 4.90 Å². The van der Waals surface area contributed by atoms with Gasteiger partial charge in [-0.1, -0.05) is 41.9 Å². The maximum absolute atomic E-state index is 12.6. The summed E-state index contributed by atoms with van der Waals surface area (Å²) in [5.74, 6) is 0.853. The van der Waals surface area contributed by atoms with E-state index in [0.29, 0.717) is 24.7 Å². The van der Waals surface area contributed by atoms with Gasteiger partial charge >= 0.3 is 0 Å². The molecule has 0 N–H and O–H groups in total. The fourth-order valence-corrected chi connectivity index (χ4v) is 4.57. The van der Waals surface area contributed by atoms with Crippen LogP contribution in [0.4, 0.5) is 0 Å². The van der Waals surface area contributed by atoms with Crippen molar-refractivity contribution in [1.29, 1.82) is 0 Å². The summed E-state index contributed by atoms with van der Waals surface area (Å²) in [6.45, 7) is 3.83. The molecule has 7 heteroatoms. The van der Waals surface area contributed by atoms with Crippen molar-refractivity contribution in [1.82, 2.24) is 9.21 Å². The number of sulfonamides is 1. The van der Waals surface area contributed by atoms with Gasteiger partial charge in [-0.05, 0) is 29.8 Å². The first kappa shape index (κ1) is 19.2. The van der Waals surface area contributed by atoms with Gasteiger partial charge in [-0.2, -0.15) is 4.31 Å². The van der Waals surface area contributed by atoms with E-state index in [1.165, 1.54) is 0 Å². The van der Waals surface area contributed by atoms with Gasteiger partial charge in [0.15, 0.2) is 0 Å². The van der Waals surface area contributed by atoms with Crippen molar-refractivity contribution in [3.8, 4) is 5.75 Å². The van der Waals surface area contributed by atoms with Crippen LogP contribution < -0.4 is 4.74 Å². The van der Waals surface area contributed by atoms with Crippen molar-refractivity contribution in [2.24, 2.45) is 0 Å². The minimum atomic E-state index is -3.26. The zero-order valence-corrected chi connectivity index (χ0v) is 16.1. The van der Waals surface area contributed by atoms with Gasteiger partial charge in [-0.25, -0.2) is 8.42 Å². The minimum Gasteiger partial charge on any atom is -0.492 e. The van der Waals surface area contributed by atoms with E-state index in [4.69, 9.17) is 16.3 Å². The van der Waals surface area contributed by atoms with Gasteiger partial charge < -0.3 is 4.74 Å². The maximum atomic E-state index is 12.6. The zero-order valence-electron chi connectivity index (χ0n) is 14.6. The zero-order chi connectivity index (χ0) is 18.4. The first-order chi connectivity index (χ1) is 12.5. The van der Waals surface area contributed by atoms with Gasteiger partial charge in [0.1, 0.15) is 12.4 Å². The Balaban J connectivity index is 1.43. The third-order valence-corrected chi connectivity index (χ3v) is 6.51. The number of halogens is 1. The van der Waals surface area contributed by atoms with Gasteiger partial charge in [0, 0.05) is 37.7 Å². The number of piperazine rings is 1. The molecule has 3 rings (SSSR count). The second-order valence-electron chi connectivity index (χ2n) is 6.28. The van der Waals surface area contributed by atoms with Crippen LogP contribution in [0.15, 0.2) is 54.6 Å². The standard InChI is InChI=1S/C19H23ClN2O3S/c20-18-6-8-19(9-7-18)25-15-14-21-10-12-22(13-11-21)26(23,24)16-17-4-2-1-3-5-17/h1-9H,10-16H2. The highest BCUT2D eigenvalue weighted by atomic mass is 35.5. The maximum Gasteiger partial charge on any atom is 0.218 e. The van der Waals surface area contributed by atoms with Crippen LogP contribution in [0.5, 0.6) is 5.75 Å². The van der Waals surface area contributed by atoms with Crippen LogP contribution in [0.2, 0.25) is 5.02 Å². The highest BCUT2D eigenvalue weighted by molar-refractivity contribution is 7.88. The summed E-state index contributed by atoms with van der Waals surface area (Å²) in [7, 11) is -3.26. The predicted molar refractivity (Wildman–Crippen MR) is 104 cm³/mol. The Labute approximate surface area is 160 Å². The van der Waals surface area contributed by atoms with Crippen LogP contribution in [0.3, 0.4) is 0 Å². The SMILES string of the molecule is O=S(=O)(Cc1ccccc1)N1CCN(CCOc2ccc(Cl)cc2)CC1. The highest BCUT2D eigenvalue weighted by Crippen LogP contribution is 2.16. The third kappa shape index (κ3) is 5.45. The molecule has 0 aromatic heterocycles. The largest absolute Gasteiger partial charge is 0.492 e. The lowest BCUT2D eigenvalue weighted by Crippen LogP contribution is -2.49. The molecule has 1 heterocycles. The molecule has 26 heavy (non-hydrogen) atoms. The van der Waals surface area contributed by atoms with E-state index in [1.807, 2.05) is 42.5 Å². The molecule has 0 radical (unpaired) electrons. The van der Waals surface area contributed by atoms with Crippen LogP contribution in [0, 0.1) is 0 Å². The molecule has 0 unspecified atom stereocenters. The summed E-state index contributed by atoms with van der Waals surface area (Å²) in [4.78, 5) is 2.23. The number of hydrogen-bond acceptors (Lipinski definition) is 4. The van der Waals surface area contributed by atoms with Crippen molar-refractivity contribution in [2.75, 3.05) is 39.3 Å². The lowest BCUT2D eigenvalue weighted by Gasteiger charge is -2.33. The molecular weight excluding hydrogens is 372 g/mol. The van der Waals surface area contributed by atoms with E-state index in [2.05, 4.69) is 4.90 Å². The van der Waals surface area contributed by atoms with Crippen molar-refractivity contribution < 1.29 is 13.2 Å². The molecule has 0 aliphatic carbocycles. The highest BCUT2D eigenvalue weighted by Gasteiger charge is 2.26. The van der Waals surface area contributed by atoms with Crippen molar-refractivity contribution in [3.63, 3.8) is 0 Å². The molecule has 140 valence electrons. The Morgan fingerprint density at radius 1 is 0.923 bits per heavy atom. The van der Waals surface area contributed by atoms with Crippen LogP contribution in [0.1, 0.15) is 5.56 Å². The average molecular weight is 395 g/mol. The normalized spacial score (nSPS) is 16.5. The van der Waals surface area contributed by atoms with E-state index in [0.717, 1.165) is 30.9 Å². The van der Waals surface area contributed by atoms with E-state index in [1.54, 1.807) is 16.4 Å². The second-order valence-corrected chi connectivity index (χ2v) is 8.69. The molecule has 1 saturated heterocycles. The molecule has 0 bridgehead atoms. The second kappa shape index (κ2) is 8.86. The van der Waals surface area contributed by atoms with Gasteiger partial charge in [0.05, 0.1) is 5.75 Å². The first-order valence-electron chi connectivity index (χ1n) is 8.65. The van der Waals surface area contributed by atoms with Gasteiger partial charge in [0.2, 0.25) is 10.0 Å². The Bertz CT molecular complexity index is 789. The lowest BCUT2D eigenvalue weighted by molar-refractivity contribution is 0.159. The summed E-state index contributed by atoms with van der Waals surface area (Å²) >= 11 is 5.85. The summed E-state index contributed by atoms with van der Waals surface area (Å²) in [5.41, 5.74) is 0.825. The molecule has 2 aromatic carbocycles. The van der Waals surface area contributed by atoms with Crippen molar-refractivity contribution in [2.45, 2.75) is 5.75 Å². The fourth-order valence-electron chi connectivity index (χ4n) is 2.93. The fraction of sp³-hybridized carbons (Fsp3) is 0.368. The first-order valence-corrected chi connectivity index (χ1v) is 10.6. The molecule has 0 amide bonds. The molecule has 5 nitrogen and oxygen atoms in total. The molecule has 1 aliphatic rings. The quantitative estimate of drug-likeness (QED) is 0.724. The predicted octanol–water partition coefficient (Wildman–Crippen LogP) is 2.87. The monoisotopic (exact) mass is 394 g/mol. The Morgan fingerprint density at radius 3 is 2.23 bits per heavy atom. The van der Waals surface area contributed by atoms with Crippen molar-refractivity contribution >= 4 is 21.6 Å². The number of ether oxygens (including phenoxy) is 1. The molecule has 0 spiro atoms. The van der Waals surface area contributed by atoms with E-state index < -0.39 is 10.0 Å². The number of rotatable bonds is 7. The number of hydrogen-bond donors (Lipinski definition) is 0. The van der Waals surface area contributed by atoms with Crippen LogP contribution >= 0.6 is 11.6 Å². The van der Waals surface area contributed by atoms with E-state index in [-0.39, 0.29) is 5.75 Å². The van der Waals surface area contributed by atoms with Crippen molar-refractivity contribution in [3.05, 3.63) is 65.2 Å². The van der Waals surface area contributed by atoms with E-state index in [9.17, 15) is 8.42 Å². The lowest BCUT2D eigenvalue weighted by atomic mass is 10.2. The Morgan fingerprint density at radius 2 is 1.58 bits per heavy atom. The van der Waals surface area contributed by atoms with Crippen LogP contribution in [-0.4, -0.2) is 57.0 Å². The average Bonchev–Trinajstić information content (AvgIpc) is 2.64. The van der Waals surface area contributed by atoms with Crippen LogP contribution in [-0.2, 0) is 15.8 Å². The molecule has 0 atom stereocenters. The number of nitrogens with zero attached hydrogens (tertiary/aromatic N) is 2. The molecule has 1 aliphatic heterocycles. The number of benzene rings is 2. The Hall–Kier alpha value is -1.60. The molecule has 1 fully saturated rings. The minimum absolute atomic E-state index is 0.0630. The molecule has 0 saturated carbocycles.